The molecule has 7 heteroatoms. The molecule has 0 N–H and O–H groups in total. The van der Waals surface area contributed by atoms with Crippen LogP contribution in [-0.2, 0) is 14.3 Å². The second-order valence-corrected chi connectivity index (χ2v) is 5.20. The van der Waals surface area contributed by atoms with E-state index in [2.05, 4.69) is 0 Å². The molecule has 4 rings (SSSR count). The van der Waals surface area contributed by atoms with E-state index in [1.807, 2.05) is 12.2 Å². The van der Waals surface area contributed by atoms with Gasteiger partial charge in [-0.3, -0.25) is 4.79 Å². The van der Waals surface area contributed by atoms with Crippen LogP contribution in [-0.4, -0.2) is 60.7 Å². The van der Waals surface area contributed by atoms with Crippen LogP contribution in [0.5, 0.6) is 0 Å². The normalized spacial score (nSPS) is 31.4. The molecule has 1 aliphatic carbocycles. The van der Waals surface area contributed by atoms with Gasteiger partial charge in [-0.15, -0.1) is 0 Å². The molecule has 0 unspecified atom stereocenters. The van der Waals surface area contributed by atoms with Crippen molar-refractivity contribution in [2.45, 2.75) is 12.5 Å². The number of methoxy groups -OCH3 is 1. The summed E-state index contributed by atoms with van der Waals surface area (Å²) in [6.45, 7) is 1.08. The summed E-state index contributed by atoms with van der Waals surface area (Å²) in [5, 5.41) is 0. The molecule has 3 amide bonds. The van der Waals surface area contributed by atoms with E-state index >= 15 is 0 Å². The first-order chi connectivity index (χ1) is 9.61. The number of ether oxygens (including phenoxy) is 2. The van der Waals surface area contributed by atoms with Crippen LogP contribution in [0.2, 0.25) is 0 Å². The van der Waals surface area contributed by atoms with Crippen LogP contribution in [0.15, 0.2) is 12.2 Å². The van der Waals surface area contributed by atoms with Gasteiger partial charge in [-0.05, 0) is 12.3 Å². The number of piperidine rings is 1. The Morgan fingerprint density at radius 2 is 2.20 bits per heavy atom. The summed E-state index contributed by atoms with van der Waals surface area (Å²) in [4.78, 5) is 38.4. The highest BCUT2D eigenvalue weighted by atomic mass is 16.6. The van der Waals surface area contributed by atoms with Gasteiger partial charge in [0.1, 0.15) is 6.61 Å². The summed E-state index contributed by atoms with van der Waals surface area (Å²) in [6.07, 6.45) is 3.50. The maximum atomic E-state index is 12.5. The quantitative estimate of drug-likeness (QED) is 0.658. The Kier molecular flexibility index (Phi) is 3.11. The van der Waals surface area contributed by atoms with Crippen LogP contribution in [0, 0.1) is 11.8 Å². The Hall–Kier alpha value is -2.05. The summed E-state index contributed by atoms with van der Waals surface area (Å²) < 4.78 is 9.55. The van der Waals surface area contributed by atoms with Crippen molar-refractivity contribution in [2.75, 3.05) is 26.8 Å². The molecular weight excluding hydrogens is 264 g/mol. The van der Waals surface area contributed by atoms with Gasteiger partial charge in [0.2, 0.25) is 5.91 Å². The van der Waals surface area contributed by atoms with Crippen LogP contribution >= 0.6 is 0 Å². The van der Waals surface area contributed by atoms with Crippen molar-refractivity contribution in [3.05, 3.63) is 12.2 Å². The Bertz CT molecular complexity index is 489. The first kappa shape index (κ1) is 13.0. The third kappa shape index (κ3) is 1.93. The SMILES string of the molecule is COC(=O)N1C[C@@H]2C=C[C@H]1[C@@H](C(=O)N1CCOC1=O)C2. The molecule has 4 aliphatic rings. The lowest BCUT2D eigenvalue weighted by Crippen LogP contribution is -2.57. The highest BCUT2D eigenvalue weighted by molar-refractivity contribution is 5.95. The molecular formula is C13H16N2O5. The number of fused-ring (bicyclic) bond motifs is 2. The average Bonchev–Trinajstić information content (AvgIpc) is 2.92. The maximum Gasteiger partial charge on any atom is 0.416 e. The Morgan fingerprint density at radius 1 is 1.40 bits per heavy atom. The zero-order valence-electron chi connectivity index (χ0n) is 11.2. The summed E-state index contributed by atoms with van der Waals surface area (Å²) in [6, 6.07) is -0.339. The van der Waals surface area contributed by atoms with Crippen LogP contribution in [0.3, 0.4) is 0 Å². The number of nitrogens with zero attached hydrogens (tertiary/aromatic N) is 2. The summed E-state index contributed by atoms with van der Waals surface area (Å²) in [5.74, 6) is -0.532. The zero-order valence-corrected chi connectivity index (χ0v) is 11.2. The van der Waals surface area contributed by atoms with Gasteiger partial charge in [-0.1, -0.05) is 12.2 Å². The van der Waals surface area contributed by atoms with Crippen molar-refractivity contribution in [3.8, 4) is 0 Å². The Balaban J connectivity index is 1.80. The summed E-state index contributed by atoms with van der Waals surface area (Å²) in [7, 11) is 1.32. The Labute approximate surface area is 116 Å². The van der Waals surface area contributed by atoms with Gasteiger partial charge in [0.15, 0.2) is 0 Å². The van der Waals surface area contributed by atoms with E-state index in [9.17, 15) is 14.4 Å². The molecule has 0 aromatic carbocycles. The van der Waals surface area contributed by atoms with Crippen molar-refractivity contribution >= 4 is 18.1 Å². The first-order valence-electron chi connectivity index (χ1n) is 6.63. The highest BCUT2D eigenvalue weighted by Gasteiger charge is 2.46. The summed E-state index contributed by atoms with van der Waals surface area (Å²) >= 11 is 0. The third-order valence-electron chi connectivity index (χ3n) is 4.09. The molecule has 0 radical (unpaired) electrons. The lowest BCUT2D eigenvalue weighted by molar-refractivity contribution is -0.135. The molecule has 0 aromatic rings. The van der Waals surface area contributed by atoms with Gasteiger partial charge in [0.05, 0.1) is 25.6 Å². The molecule has 0 aromatic heterocycles. The topological polar surface area (TPSA) is 76.2 Å². The van der Waals surface area contributed by atoms with E-state index in [-0.39, 0.29) is 31.0 Å². The van der Waals surface area contributed by atoms with Crippen molar-refractivity contribution in [1.29, 1.82) is 0 Å². The third-order valence-corrected chi connectivity index (χ3v) is 4.09. The number of imide groups is 1. The number of carbonyl (C=O) groups excluding carboxylic acids is 3. The highest BCUT2D eigenvalue weighted by Crippen LogP contribution is 2.36. The lowest BCUT2D eigenvalue weighted by atomic mass is 9.77. The zero-order chi connectivity index (χ0) is 14.3. The van der Waals surface area contributed by atoms with Gasteiger partial charge in [-0.2, -0.15) is 0 Å². The second-order valence-electron chi connectivity index (χ2n) is 5.20. The predicted octanol–water partition coefficient (Wildman–Crippen LogP) is 0.608. The van der Waals surface area contributed by atoms with E-state index in [0.29, 0.717) is 13.0 Å². The van der Waals surface area contributed by atoms with Crippen LogP contribution < -0.4 is 0 Å². The molecule has 2 bridgehead atoms. The van der Waals surface area contributed by atoms with Gasteiger partial charge in [0.25, 0.3) is 0 Å². The number of cyclic esters (lactones) is 1. The second kappa shape index (κ2) is 4.81. The Morgan fingerprint density at radius 3 is 2.80 bits per heavy atom. The number of hydrogen-bond acceptors (Lipinski definition) is 5. The largest absolute Gasteiger partial charge is 0.453 e. The van der Waals surface area contributed by atoms with Crippen molar-refractivity contribution in [3.63, 3.8) is 0 Å². The number of carbonyl (C=O) groups is 3. The van der Waals surface area contributed by atoms with Crippen LogP contribution in [0.25, 0.3) is 0 Å². The minimum atomic E-state index is -0.593. The van der Waals surface area contributed by atoms with Crippen molar-refractivity contribution in [1.82, 2.24) is 9.80 Å². The van der Waals surface area contributed by atoms with Gasteiger partial charge in [-0.25, -0.2) is 14.5 Å². The van der Waals surface area contributed by atoms with E-state index in [1.165, 1.54) is 7.11 Å². The van der Waals surface area contributed by atoms with Crippen molar-refractivity contribution < 1.29 is 23.9 Å². The van der Waals surface area contributed by atoms with E-state index in [1.54, 1.807) is 4.90 Å². The van der Waals surface area contributed by atoms with Crippen LogP contribution in [0.4, 0.5) is 9.59 Å². The van der Waals surface area contributed by atoms with Gasteiger partial charge < -0.3 is 14.4 Å². The standard InChI is InChI=1S/C13H16N2O5/c1-19-12(17)15-7-8-2-3-10(15)9(6-8)11(16)14-4-5-20-13(14)18/h2-3,8-10H,4-7H2,1H3/t8-,9+,10+/m1/s1. The lowest BCUT2D eigenvalue weighted by Gasteiger charge is -2.45. The molecule has 2 saturated heterocycles. The molecule has 7 nitrogen and oxygen atoms in total. The van der Waals surface area contributed by atoms with E-state index in [0.717, 1.165) is 4.90 Å². The average molecular weight is 280 g/mol. The molecule has 0 spiro atoms. The summed E-state index contributed by atoms with van der Waals surface area (Å²) in [5.41, 5.74) is 0. The van der Waals surface area contributed by atoms with Crippen molar-refractivity contribution in [2.24, 2.45) is 11.8 Å². The molecule has 2 fully saturated rings. The number of hydrogen-bond donors (Lipinski definition) is 0. The molecule has 20 heavy (non-hydrogen) atoms. The maximum absolute atomic E-state index is 12.5. The fourth-order valence-electron chi connectivity index (χ4n) is 3.13. The van der Waals surface area contributed by atoms with E-state index in [4.69, 9.17) is 9.47 Å². The molecule has 108 valence electrons. The number of rotatable bonds is 1. The minimum Gasteiger partial charge on any atom is -0.453 e. The van der Waals surface area contributed by atoms with E-state index < -0.39 is 18.1 Å². The van der Waals surface area contributed by atoms with Gasteiger partial charge >= 0.3 is 12.2 Å². The molecule has 3 heterocycles. The first-order valence-corrected chi connectivity index (χ1v) is 6.63. The minimum absolute atomic E-state index is 0.131. The molecule has 3 aliphatic heterocycles. The smallest absolute Gasteiger partial charge is 0.416 e. The molecule has 3 atom stereocenters. The fourth-order valence-corrected chi connectivity index (χ4v) is 3.13. The monoisotopic (exact) mass is 280 g/mol. The van der Waals surface area contributed by atoms with Crippen LogP contribution in [0.1, 0.15) is 6.42 Å². The molecule has 0 saturated carbocycles. The fraction of sp³-hybridized carbons (Fsp3) is 0.615. The van der Waals surface area contributed by atoms with Gasteiger partial charge in [0, 0.05) is 6.54 Å². The predicted molar refractivity (Wildman–Crippen MR) is 66.7 cm³/mol. The number of amides is 3.